The first-order chi connectivity index (χ1) is 13.3. The Morgan fingerprint density at radius 1 is 0.893 bits per heavy atom. The van der Waals surface area contributed by atoms with Gasteiger partial charge in [0, 0.05) is 5.92 Å². The van der Waals surface area contributed by atoms with Crippen LogP contribution in [0.15, 0.2) is 77.7 Å². The second-order valence-corrected chi connectivity index (χ2v) is 8.55. The van der Waals surface area contributed by atoms with Gasteiger partial charge in [-0.05, 0) is 53.6 Å². The molecule has 5 heteroatoms. The molecule has 0 aliphatic carbocycles. The van der Waals surface area contributed by atoms with Gasteiger partial charge in [-0.2, -0.15) is 8.42 Å². The van der Waals surface area contributed by atoms with E-state index >= 15 is 0 Å². The zero-order chi connectivity index (χ0) is 20.3. The first-order valence-electron chi connectivity index (χ1n) is 9.18. The molecule has 0 aliphatic heterocycles. The molecule has 3 aromatic rings. The van der Waals surface area contributed by atoms with Crippen LogP contribution in [-0.2, 0) is 10.1 Å². The van der Waals surface area contributed by atoms with Crippen molar-refractivity contribution < 1.29 is 18.1 Å². The van der Waals surface area contributed by atoms with Gasteiger partial charge in [0.15, 0.2) is 0 Å². The standard InChI is InChI=1S/C23H24O4S/c1-16(18-9-5-3-6-10-18)13-21(19-11-7-4-8-12-19)20-15-23(28(25,26)27)22(24)14-17(20)2/h3-12,14-16,21,24H,13H2,1-2H3,(H,25,26,27). The summed E-state index contributed by atoms with van der Waals surface area (Å²) in [6, 6.07) is 22.8. The normalized spacial score (nSPS) is 13.8. The average molecular weight is 397 g/mol. The van der Waals surface area contributed by atoms with Gasteiger partial charge in [0.25, 0.3) is 10.1 Å². The highest BCUT2D eigenvalue weighted by Crippen LogP contribution is 2.39. The molecule has 2 unspecified atom stereocenters. The molecule has 0 saturated heterocycles. The third kappa shape index (κ3) is 4.43. The molecular weight excluding hydrogens is 372 g/mol. The molecule has 4 nitrogen and oxygen atoms in total. The van der Waals surface area contributed by atoms with Crippen LogP contribution in [0.5, 0.6) is 5.75 Å². The van der Waals surface area contributed by atoms with Crippen LogP contribution < -0.4 is 0 Å². The van der Waals surface area contributed by atoms with Crippen LogP contribution in [-0.4, -0.2) is 18.1 Å². The third-order valence-corrected chi connectivity index (χ3v) is 6.04. The number of benzene rings is 3. The van der Waals surface area contributed by atoms with Crippen LogP contribution >= 0.6 is 0 Å². The molecule has 3 rings (SSSR count). The van der Waals surface area contributed by atoms with E-state index in [4.69, 9.17) is 0 Å². The Bertz CT molecular complexity index is 1040. The summed E-state index contributed by atoms with van der Waals surface area (Å²) in [5, 5.41) is 10.0. The van der Waals surface area contributed by atoms with E-state index in [0.717, 1.165) is 23.1 Å². The lowest BCUT2D eigenvalue weighted by atomic mass is 9.80. The molecule has 0 fully saturated rings. The van der Waals surface area contributed by atoms with Crippen molar-refractivity contribution in [3.8, 4) is 5.75 Å². The summed E-state index contributed by atoms with van der Waals surface area (Å²) in [7, 11) is -4.52. The van der Waals surface area contributed by atoms with Gasteiger partial charge in [0.1, 0.15) is 10.6 Å². The van der Waals surface area contributed by atoms with E-state index in [-0.39, 0.29) is 11.8 Å². The Morgan fingerprint density at radius 2 is 1.43 bits per heavy atom. The number of phenols is 1. The highest BCUT2D eigenvalue weighted by molar-refractivity contribution is 7.86. The summed E-state index contributed by atoms with van der Waals surface area (Å²) in [6.07, 6.45) is 0.755. The van der Waals surface area contributed by atoms with Crippen molar-refractivity contribution in [2.24, 2.45) is 0 Å². The van der Waals surface area contributed by atoms with Gasteiger partial charge in [-0.3, -0.25) is 4.55 Å². The molecule has 0 heterocycles. The molecule has 0 bridgehead atoms. The molecule has 2 atom stereocenters. The fourth-order valence-corrected chi connectivity index (χ4v) is 4.27. The van der Waals surface area contributed by atoms with E-state index in [0.29, 0.717) is 0 Å². The van der Waals surface area contributed by atoms with Crippen molar-refractivity contribution in [1.82, 2.24) is 0 Å². The van der Waals surface area contributed by atoms with Crippen LogP contribution in [0, 0.1) is 6.92 Å². The number of phenolic OH excluding ortho intramolecular Hbond substituents is 1. The molecule has 3 aromatic carbocycles. The second kappa shape index (κ2) is 8.17. The Balaban J connectivity index is 2.10. The maximum Gasteiger partial charge on any atom is 0.298 e. The van der Waals surface area contributed by atoms with Crippen LogP contribution in [0.1, 0.15) is 47.4 Å². The molecule has 0 amide bonds. The van der Waals surface area contributed by atoms with Crippen LogP contribution in [0.4, 0.5) is 0 Å². The van der Waals surface area contributed by atoms with Gasteiger partial charge >= 0.3 is 0 Å². The van der Waals surface area contributed by atoms with Gasteiger partial charge in [-0.25, -0.2) is 0 Å². The minimum absolute atomic E-state index is 0.0856. The third-order valence-electron chi connectivity index (χ3n) is 5.16. The monoisotopic (exact) mass is 396 g/mol. The molecular formula is C23H24O4S. The Hall–Kier alpha value is -2.63. The number of hydrogen-bond donors (Lipinski definition) is 2. The highest BCUT2D eigenvalue weighted by atomic mass is 32.2. The Labute approximate surface area is 166 Å². The molecule has 2 N–H and O–H groups in total. The largest absolute Gasteiger partial charge is 0.506 e. The fourth-order valence-electron chi connectivity index (χ4n) is 3.67. The fraction of sp³-hybridized carbons (Fsp3) is 0.217. The maximum absolute atomic E-state index is 11.7. The molecule has 0 radical (unpaired) electrons. The minimum Gasteiger partial charge on any atom is -0.506 e. The lowest BCUT2D eigenvalue weighted by Gasteiger charge is -2.24. The maximum atomic E-state index is 11.7. The van der Waals surface area contributed by atoms with E-state index in [9.17, 15) is 18.1 Å². The molecule has 0 spiro atoms. The lowest BCUT2D eigenvalue weighted by molar-refractivity contribution is 0.442. The predicted molar refractivity (Wildman–Crippen MR) is 110 cm³/mol. The van der Waals surface area contributed by atoms with E-state index < -0.39 is 20.8 Å². The zero-order valence-corrected chi connectivity index (χ0v) is 16.7. The smallest absolute Gasteiger partial charge is 0.298 e. The highest BCUT2D eigenvalue weighted by Gasteiger charge is 2.24. The summed E-state index contributed by atoms with van der Waals surface area (Å²) in [5.74, 6) is -0.294. The van der Waals surface area contributed by atoms with Crippen molar-refractivity contribution in [3.63, 3.8) is 0 Å². The Morgan fingerprint density at radius 3 is 1.96 bits per heavy atom. The van der Waals surface area contributed by atoms with E-state index in [1.165, 1.54) is 17.7 Å². The lowest BCUT2D eigenvalue weighted by Crippen LogP contribution is -2.10. The average Bonchev–Trinajstić information content (AvgIpc) is 2.67. The molecule has 0 saturated carbocycles. The number of hydrogen-bond acceptors (Lipinski definition) is 3. The van der Waals surface area contributed by atoms with Gasteiger partial charge in [0.05, 0.1) is 0 Å². The first kappa shape index (κ1) is 20.1. The van der Waals surface area contributed by atoms with Crippen LogP contribution in [0.3, 0.4) is 0 Å². The quantitative estimate of drug-likeness (QED) is 0.557. The van der Waals surface area contributed by atoms with Crippen molar-refractivity contribution >= 4 is 10.1 Å². The minimum atomic E-state index is -4.52. The van der Waals surface area contributed by atoms with Gasteiger partial charge in [0.2, 0.25) is 0 Å². The van der Waals surface area contributed by atoms with Crippen molar-refractivity contribution in [2.75, 3.05) is 0 Å². The van der Waals surface area contributed by atoms with Crippen molar-refractivity contribution in [2.45, 2.75) is 37.0 Å². The number of aromatic hydroxyl groups is 1. The van der Waals surface area contributed by atoms with Gasteiger partial charge in [-0.15, -0.1) is 0 Å². The summed E-state index contributed by atoms with van der Waals surface area (Å²) >= 11 is 0. The molecule has 28 heavy (non-hydrogen) atoms. The Kier molecular flexibility index (Phi) is 5.87. The summed E-state index contributed by atoms with van der Waals surface area (Å²) in [4.78, 5) is -0.457. The summed E-state index contributed by atoms with van der Waals surface area (Å²) in [6.45, 7) is 3.98. The topological polar surface area (TPSA) is 74.6 Å². The SMILES string of the molecule is Cc1cc(O)c(S(=O)(=O)O)cc1C(CC(C)c1ccccc1)c1ccccc1. The molecule has 0 aromatic heterocycles. The van der Waals surface area contributed by atoms with Crippen molar-refractivity contribution in [3.05, 3.63) is 95.1 Å². The van der Waals surface area contributed by atoms with Crippen LogP contribution in [0.2, 0.25) is 0 Å². The van der Waals surface area contributed by atoms with E-state index in [2.05, 4.69) is 19.1 Å². The molecule has 146 valence electrons. The molecule has 0 aliphatic rings. The second-order valence-electron chi connectivity index (χ2n) is 7.16. The number of rotatable bonds is 6. The first-order valence-corrected chi connectivity index (χ1v) is 10.6. The van der Waals surface area contributed by atoms with Gasteiger partial charge in [-0.1, -0.05) is 67.6 Å². The summed E-state index contributed by atoms with van der Waals surface area (Å²) < 4.78 is 32.9. The summed E-state index contributed by atoms with van der Waals surface area (Å²) in [5.41, 5.74) is 3.81. The van der Waals surface area contributed by atoms with Crippen LogP contribution in [0.25, 0.3) is 0 Å². The van der Waals surface area contributed by atoms with E-state index in [1.807, 2.05) is 55.5 Å². The zero-order valence-electron chi connectivity index (χ0n) is 15.9. The van der Waals surface area contributed by atoms with E-state index in [1.54, 1.807) is 0 Å². The van der Waals surface area contributed by atoms with Gasteiger partial charge < -0.3 is 5.11 Å². The number of aryl methyl sites for hydroxylation is 1. The predicted octanol–water partition coefficient (Wildman–Crippen LogP) is 5.27. The van der Waals surface area contributed by atoms with Crippen molar-refractivity contribution in [1.29, 1.82) is 0 Å².